The number of carbonyl (C=O) groups excluding carboxylic acids is 2. The van der Waals surface area contributed by atoms with Gasteiger partial charge in [0.25, 0.3) is 0 Å². The Kier molecular flexibility index (Phi) is 5.79. The third-order valence-corrected chi connectivity index (χ3v) is 3.28. The molecule has 3 N–H and O–H groups in total. The molecule has 7 nitrogen and oxygen atoms in total. The molecule has 1 unspecified atom stereocenters. The second-order valence-electron chi connectivity index (χ2n) is 5.38. The quantitative estimate of drug-likeness (QED) is 0.681. The van der Waals surface area contributed by atoms with Crippen molar-refractivity contribution >= 4 is 17.9 Å². The van der Waals surface area contributed by atoms with Crippen LogP contribution in [0.25, 0.3) is 0 Å². The van der Waals surface area contributed by atoms with Crippen LogP contribution in [0, 0.1) is 5.92 Å². The van der Waals surface area contributed by atoms with Gasteiger partial charge in [0.05, 0.1) is 0 Å². The van der Waals surface area contributed by atoms with Gasteiger partial charge >= 0.3 is 12.0 Å². The van der Waals surface area contributed by atoms with E-state index >= 15 is 0 Å². The first-order valence-electron chi connectivity index (χ1n) is 6.94. The molecule has 0 aromatic carbocycles. The van der Waals surface area contributed by atoms with Crippen molar-refractivity contribution in [3.63, 3.8) is 0 Å². The number of piperazine rings is 1. The summed E-state index contributed by atoms with van der Waals surface area (Å²) < 4.78 is 0. The van der Waals surface area contributed by atoms with Crippen LogP contribution in [0.4, 0.5) is 4.79 Å². The predicted molar refractivity (Wildman–Crippen MR) is 73.2 cm³/mol. The van der Waals surface area contributed by atoms with Crippen molar-refractivity contribution in [2.75, 3.05) is 13.1 Å². The second-order valence-corrected chi connectivity index (χ2v) is 5.38. The van der Waals surface area contributed by atoms with Gasteiger partial charge in [-0.2, -0.15) is 0 Å². The summed E-state index contributed by atoms with van der Waals surface area (Å²) in [6, 6.07) is -1.94. The molecule has 0 aromatic heterocycles. The van der Waals surface area contributed by atoms with Gasteiger partial charge in [-0.05, 0) is 18.8 Å². The lowest BCUT2D eigenvalue weighted by atomic mass is 10.0. The van der Waals surface area contributed by atoms with Crippen LogP contribution in [0.5, 0.6) is 0 Å². The molecule has 114 valence electrons. The van der Waals surface area contributed by atoms with Gasteiger partial charge in [0.2, 0.25) is 5.91 Å². The molecule has 1 aliphatic rings. The lowest BCUT2D eigenvalue weighted by Crippen LogP contribution is -2.60. The Hall–Kier alpha value is -1.79. The minimum absolute atomic E-state index is 0.156. The largest absolute Gasteiger partial charge is 0.480 e. The summed E-state index contributed by atoms with van der Waals surface area (Å²) in [7, 11) is 0. The lowest BCUT2D eigenvalue weighted by molar-refractivity contribution is -0.139. The maximum absolute atomic E-state index is 12.2. The highest BCUT2D eigenvalue weighted by Crippen LogP contribution is 2.11. The van der Waals surface area contributed by atoms with Crippen molar-refractivity contribution in [3.05, 3.63) is 0 Å². The number of urea groups is 1. The second kappa shape index (κ2) is 7.12. The first-order valence-corrected chi connectivity index (χ1v) is 6.94. The van der Waals surface area contributed by atoms with Crippen molar-refractivity contribution < 1.29 is 19.5 Å². The predicted octanol–water partition coefficient (Wildman–Crippen LogP) is 0.406. The fourth-order valence-corrected chi connectivity index (χ4v) is 2.29. The number of carboxylic acids is 1. The monoisotopic (exact) mass is 285 g/mol. The lowest BCUT2D eigenvalue weighted by Gasteiger charge is -2.35. The number of carboxylic acid groups (broad SMARTS) is 1. The van der Waals surface area contributed by atoms with E-state index in [0.717, 1.165) is 0 Å². The zero-order valence-electron chi connectivity index (χ0n) is 12.2. The molecule has 1 saturated heterocycles. The minimum Gasteiger partial charge on any atom is -0.480 e. The maximum atomic E-state index is 12.2. The van der Waals surface area contributed by atoms with Crippen molar-refractivity contribution in [3.8, 4) is 0 Å². The van der Waals surface area contributed by atoms with E-state index < -0.39 is 24.1 Å². The molecule has 1 fully saturated rings. The molecule has 0 saturated carbocycles. The van der Waals surface area contributed by atoms with Gasteiger partial charge in [-0.25, -0.2) is 9.59 Å². The van der Waals surface area contributed by atoms with Crippen LogP contribution >= 0.6 is 0 Å². The van der Waals surface area contributed by atoms with Gasteiger partial charge < -0.3 is 20.6 Å². The van der Waals surface area contributed by atoms with Crippen LogP contribution in [-0.4, -0.2) is 53.1 Å². The van der Waals surface area contributed by atoms with Gasteiger partial charge in [-0.15, -0.1) is 0 Å². The number of hydrogen-bond donors (Lipinski definition) is 3. The average Bonchev–Trinajstić information content (AvgIpc) is 2.36. The zero-order chi connectivity index (χ0) is 15.3. The maximum Gasteiger partial charge on any atom is 0.326 e. The number of carbonyl (C=O) groups is 3. The van der Waals surface area contributed by atoms with E-state index in [4.69, 9.17) is 5.11 Å². The summed E-state index contributed by atoms with van der Waals surface area (Å²) in [4.78, 5) is 36.4. The molecule has 0 bridgehead atoms. The highest BCUT2D eigenvalue weighted by atomic mass is 16.4. The topological polar surface area (TPSA) is 98.7 Å². The number of rotatable bonds is 5. The molecule has 2 atom stereocenters. The Morgan fingerprint density at radius 3 is 2.65 bits per heavy atom. The van der Waals surface area contributed by atoms with Gasteiger partial charge in [-0.1, -0.05) is 20.8 Å². The molecule has 0 aromatic rings. The van der Waals surface area contributed by atoms with Gasteiger partial charge in [0.15, 0.2) is 0 Å². The Morgan fingerprint density at radius 1 is 1.50 bits per heavy atom. The van der Waals surface area contributed by atoms with E-state index in [2.05, 4.69) is 10.6 Å². The van der Waals surface area contributed by atoms with Gasteiger partial charge in [0, 0.05) is 13.1 Å². The fraction of sp³-hybridized carbons (Fsp3) is 0.769. The fourth-order valence-electron chi connectivity index (χ4n) is 2.29. The molecule has 1 aliphatic heterocycles. The summed E-state index contributed by atoms with van der Waals surface area (Å²) in [5.41, 5.74) is 0. The van der Waals surface area contributed by atoms with Crippen molar-refractivity contribution in [1.82, 2.24) is 15.5 Å². The summed E-state index contributed by atoms with van der Waals surface area (Å²) in [6.07, 6.45) is 0.860. The van der Waals surface area contributed by atoms with E-state index in [-0.39, 0.29) is 11.8 Å². The number of aliphatic carboxylic acids is 1. The summed E-state index contributed by atoms with van der Waals surface area (Å²) in [5.74, 6) is -1.09. The minimum atomic E-state index is -1.05. The molecule has 7 heteroatoms. The van der Waals surface area contributed by atoms with Gasteiger partial charge in [0.1, 0.15) is 12.1 Å². The molecule has 3 amide bonds. The van der Waals surface area contributed by atoms with E-state index in [0.29, 0.717) is 25.9 Å². The first-order chi connectivity index (χ1) is 9.36. The number of amides is 3. The molecule has 0 aliphatic carbocycles. The van der Waals surface area contributed by atoms with Crippen LogP contribution in [0.3, 0.4) is 0 Å². The summed E-state index contributed by atoms with van der Waals surface area (Å²) in [6.45, 7) is 6.39. The van der Waals surface area contributed by atoms with E-state index in [1.165, 1.54) is 4.90 Å². The van der Waals surface area contributed by atoms with E-state index in [9.17, 15) is 14.4 Å². The van der Waals surface area contributed by atoms with E-state index in [1.807, 2.05) is 20.8 Å². The Labute approximate surface area is 118 Å². The first kappa shape index (κ1) is 16.3. The van der Waals surface area contributed by atoms with Crippen LogP contribution < -0.4 is 10.6 Å². The molecular weight excluding hydrogens is 262 g/mol. The zero-order valence-corrected chi connectivity index (χ0v) is 12.2. The molecular formula is C13H23N3O4. The van der Waals surface area contributed by atoms with Crippen LogP contribution in [0.2, 0.25) is 0 Å². The van der Waals surface area contributed by atoms with Crippen molar-refractivity contribution in [2.24, 2.45) is 5.92 Å². The van der Waals surface area contributed by atoms with Crippen molar-refractivity contribution in [2.45, 2.75) is 45.7 Å². The third kappa shape index (κ3) is 4.11. The standard InChI is InChI=1S/C13H23N3O4/c1-4-10-11(17)14-5-6-16(10)13(20)15-9(12(18)19)7-8(2)3/h8-10H,4-7H2,1-3H3,(H,14,17)(H,15,20)(H,18,19)/t9-,10?/m1/s1. The smallest absolute Gasteiger partial charge is 0.326 e. The molecule has 1 heterocycles. The SMILES string of the molecule is CCC1C(=O)NCCN1C(=O)N[C@H](CC(C)C)C(=O)O. The van der Waals surface area contributed by atoms with E-state index in [1.54, 1.807) is 0 Å². The van der Waals surface area contributed by atoms with Crippen LogP contribution in [0.15, 0.2) is 0 Å². The Bertz CT molecular complexity index is 384. The average molecular weight is 285 g/mol. The third-order valence-electron chi connectivity index (χ3n) is 3.28. The van der Waals surface area contributed by atoms with Crippen LogP contribution in [0.1, 0.15) is 33.6 Å². The summed E-state index contributed by atoms with van der Waals surface area (Å²) >= 11 is 0. The highest BCUT2D eigenvalue weighted by molar-refractivity contribution is 5.89. The number of nitrogens with zero attached hydrogens (tertiary/aromatic N) is 1. The van der Waals surface area contributed by atoms with Crippen LogP contribution in [-0.2, 0) is 9.59 Å². The van der Waals surface area contributed by atoms with Gasteiger partial charge in [-0.3, -0.25) is 4.79 Å². The number of nitrogens with one attached hydrogen (secondary N) is 2. The normalized spacial score (nSPS) is 20.5. The molecule has 20 heavy (non-hydrogen) atoms. The van der Waals surface area contributed by atoms with Crippen molar-refractivity contribution in [1.29, 1.82) is 0 Å². The summed E-state index contributed by atoms with van der Waals surface area (Å²) in [5, 5.41) is 14.3. The highest BCUT2D eigenvalue weighted by Gasteiger charge is 2.33. The Balaban J connectivity index is 2.72. The Morgan fingerprint density at radius 2 is 2.15 bits per heavy atom. The number of hydrogen-bond acceptors (Lipinski definition) is 3. The molecule has 1 rings (SSSR count). The molecule has 0 radical (unpaired) electrons. The molecule has 0 spiro atoms.